The Hall–Kier alpha value is -1.84. The molecule has 0 aliphatic carbocycles. The number of benzene rings is 1. The monoisotopic (exact) mass is 219 g/mol. The van der Waals surface area contributed by atoms with Crippen molar-refractivity contribution in [2.75, 3.05) is 11.9 Å². The molecule has 0 unspecified atom stereocenters. The zero-order chi connectivity index (χ0) is 11.4. The molecule has 84 valence electrons. The van der Waals surface area contributed by atoms with E-state index in [4.69, 9.17) is 0 Å². The van der Waals surface area contributed by atoms with Gasteiger partial charge >= 0.3 is 0 Å². The van der Waals surface area contributed by atoms with Gasteiger partial charge in [-0.15, -0.1) is 0 Å². The largest absolute Gasteiger partial charge is 0.355 e. The minimum Gasteiger partial charge on any atom is -0.355 e. The first-order valence-electron chi connectivity index (χ1n) is 5.21. The van der Waals surface area contributed by atoms with Gasteiger partial charge in [-0.2, -0.15) is 0 Å². The summed E-state index contributed by atoms with van der Waals surface area (Å²) in [5.41, 5.74) is 1.11. The van der Waals surface area contributed by atoms with Crippen LogP contribution >= 0.6 is 0 Å². The van der Waals surface area contributed by atoms with Crippen molar-refractivity contribution in [1.29, 1.82) is 0 Å². The summed E-state index contributed by atoms with van der Waals surface area (Å²) >= 11 is 0. The molecule has 0 bridgehead atoms. The van der Waals surface area contributed by atoms with Crippen molar-refractivity contribution < 1.29 is 4.39 Å². The fourth-order valence-electron chi connectivity index (χ4n) is 1.51. The van der Waals surface area contributed by atoms with Gasteiger partial charge in [0.15, 0.2) is 0 Å². The number of anilines is 1. The van der Waals surface area contributed by atoms with E-state index in [9.17, 15) is 4.39 Å². The van der Waals surface area contributed by atoms with Crippen LogP contribution in [-0.4, -0.2) is 16.1 Å². The van der Waals surface area contributed by atoms with Gasteiger partial charge in [0.1, 0.15) is 5.82 Å². The standard InChI is InChI=1S/C12H14FN3/c1-16-9-8-15-12(16)14-7-6-10-2-4-11(13)5-3-10/h2-5,8-9H,6-7H2,1H3,(H,14,15). The van der Waals surface area contributed by atoms with Crippen molar-refractivity contribution in [3.05, 3.63) is 48.0 Å². The van der Waals surface area contributed by atoms with Crippen molar-refractivity contribution >= 4 is 5.95 Å². The number of nitrogens with one attached hydrogen (secondary N) is 1. The van der Waals surface area contributed by atoms with Crippen molar-refractivity contribution in [2.45, 2.75) is 6.42 Å². The van der Waals surface area contributed by atoms with Gasteiger partial charge in [-0.3, -0.25) is 0 Å². The number of aryl methyl sites for hydroxylation is 1. The third kappa shape index (κ3) is 2.59. The van der Waals surface area contributed by atoms with Crippen LogP contribution in [0.15, 0.2) is 36.7 Å². The number of imidazole rings is 1. The Balaban J connectivity index is 1.84. The van der Waals surface area contributed by atoms with Gasteiger partial charge in [0.05, 0.1) is 0 Å². The van der Waals surface area contributed by atoms with Gasteiger partial charge in [0, 0.05) is 26.0 Å². The predicted octanol–water partition coefficient (Wildman–Crippen LogP) is 2.21. The van der Waals surface area contributed by atoms with Crippen LogP contribution in [0.5, 0.6) is 0 Å². The molecule has 0 amide bonds. The van der Waals surface area contributed by atoms with Crippen LogP contribution in [0, 0.1) is 5.82 Å². The van der Waals surface area contributed by atoms with E-state index in [-0.39, 0.29) is 5.82 Å². The van der Waals surface area contributed by atoms with E-state index in [0.29, 0.717) is 0 Å². The van der Waals surface area contributed by atoms with Crippen molar-refractivity contribution in [3.63, 3.8) is 0 Å². The molecule has 1 N–H and O–H groups in total. The summed E-state index contributed by atoms with van der Waals surface area (Å²) in [6.45, 7) is 0.788. The number of nitrogens with zero attached hydrogens (tertiary/aromatic N) is 2. The molecule has 0 aliphatic rings. The molecule has 1 heterocycles. The molecular weight excluding hydrogens is 205 g/mol. The second kappa shape index (κ2) is 4.79. The molecule has 0 aliphatic heterocycles. The lowest BCUT2D eigenvalue weighted by Crippen LogP contribution is -2.08. The maximum Gasteiger partial charge on any atom is 0.202 e. The second-order valence-corrected chi connectivity index (χ2v) is 3.66. The van der Waals surface area contributed by atoms with Crippen LogP contribution in [0.1, 0.15) is 5.56 Å². The topological polar surface area (TPSA) is 29.9 Å². The summed E-state index contributed by atoms with van der Waals surface area (Å²) in [5.74, 6) is 0.655. The lowest BCUT2D eigenvalue weighted by molar-refractivity contribution is 0.627. The van der Waals surface area contributed by atoms with Crippen LogP contribution in [0.4, 0.5) is 10.3 Å². The van der Waals surface area contributed by atoms with Gasteiger partial charge in [-0.25, -0.2) is 9.37 Å². The summed E-state index contributed by atoms with van der Waals surface area (Å²) in [7, 11) is 1.94. The van der Waals surface area contributed by atoms with Crippen molar-refractivity contribution in [1.82, 2.24) is 9.55 Å². The number of hydrogen-bond donors (Lipinski definition) is 1. The molecular formula is C12H14FN3. The highest BCUT2D eigenvalue weighted by Gasteiger charge is 1.98. The van der Waals surface area contributed by atoms with Crippen LogP contribution in [0.2, 0.25) is 0 Å². The van der Waals surface area contributed by atoms with Gasteiger partial charge < -0.3 is 9.88 Å². The van der Waals surface area contributed by atoms with E-state index in [1.54, 1.807) is 18.3 Å². The quantitative estimate of drug-likeness (QED) is 0.854. The Kier molecular flexibility index (Phi) is 3.19. The van der Waals surface area contributed by atoms with Gasteiger partial charge in [-0.1, -0.05) is 12.1 Å². The third-order valence-corrected chi connectivity index (χ3v) is 2.43. The van der Waals surface area contributed by atoms with E-state index in [1.807, 2.05) is 17.8 Å². The van der Waals surface area contributed by atoms with Crippen molar-refractivity contribution in [3.8, 4) is 0 Å². The maximum atomic E-state index is 12.7. The maximum absolute atomic E-state index is 12.7. The van der Waals surface area contributed by atoms with Crippen LogP contribution < -0.4 is 5.32 Å². The molecule has 0 radical (unpaired) electrons. The second-order valence-electron chi connectivity index (χ2n) is 3.66. The highest BCUT2D eigenvalue weighted by Crippen LogP contribution is 2.05. The van der Waals surface area contributed by atoms with E-state index >= 15 is 0 Å². The van der Waals surface area contributed by atoms with Gasteiger partial charge in [-0.05, 0) is 24.1 Å². The Labute approximate surface area is 93.9 Å². The number of aromatic nitrogens is 2. The zero-order valence-electron chi connectivity index (χ0n) is 9.15. The molecule has 0 saturated carbocycles. The lowest BCUT2D eigenvalue weighted by atomic mass is 10.1. The van der Waals surface area contributed by atoms with E-state index < -0.39 is 0 Å². The first-order valence-corrected chi connectivity index (χ1v) is 5.21. The molecule has 0 fully saturated rings. The van der Waals surface area contributed by atoms with Crippen molar-refractivity contribution in [2.24, 2.45) is 7.05 Å². The minimum atomic E-state index is -0.194. The molecule has 4 heteroatoms. The average molecular weight is 219 g/mol. The molecule has 0 saturated heterocycles. The average Bonchev–Trinajstić information content (AvgIpc) is 2.68. The highest BCUT2D eigenvalue weighted by molar-refractivity contribution is 5.26. The third-order valence-electron chi connectivity index (χ3n) is 2.43. The van der Waals surface area contributed by atoms with E-state index in [0.717, 1.165) is 24.5 Å². The fraction of sp³-hybridized carbons (Fsp3) is 0.250. The molecule has 1 aromatic heterocycles. The molecule has 0 atom stereocenters. The Bertz CT molecular complexity index is 448. The summed E-state index contributed by atoms with van der Waals surface area (Å²) in [5, 5.41) is 3.21. The fourth-order valence-corrected chi connectivity index (χ4v) is 1.51. The summed E-state index contributed by atoms with van der Waals surface area (Å²) < 4.78 is 14.6. The van der Waals surface area contributed by atoms with E-state index in [2.05, 4.69) is 10.3 Å². The van der Waals surface area contributed by atoms with Crippen LogP contribution in [-0.2, 0) is 13.5 Å². The predicted molar refractivity (Wildman–Crippen MR) is 61.8 cm³/mol. The molecule has 16 heavy (non-hydrogen) atoms. The Morgan fingerprint density at radius 3 is 2.69 bits per heavy atom. The minimum absolute atomic E-state index is 0.194. The SMILES string of the molecule is Cn1ccnc1NCCc1ccc(F)cc1. The number of rotatable bonds is 4. The van der Waals surface area contributed by atoms with Crippen LogP contribution in [0.3, 0.4) is 0 Å². The Morgan fingerprint density at radius 2 is 2.06 bits per heavy atom. The number of halogens is 1. The van der Waals surface area contributed by atoms with Gasteiger partial charge in [0.25, 0.3) is 0 Å². The summed E-state index contributed by atoms with van der Waals surface area (Å²) in [6.07, 6.45) is 4.49. The summed E-state index contributed by atoms with van der Waals surface area (Å²) in [4.78, 5) is 4.15. The molecule has 3 nitrogen and oxygen atoms in total. The molecule has 1 aromatic carbocycles. The van der Waals surface area contributed by atoms with Gasteiger partial charge in [0.2, 0.25) is 5.95 Å². The molecule has 2 aromatic rings. The highest BCUT2D eigenvalue weighted by atomic mass is 19.1. The van der Waals surface area contributed by atoms with Crippen LogP contribution in [0.25, 0.3) is 0 Å². The first kappa shape index (κ1) is 10.7. The Morgan fingerprint density at radius 1 is 1.31 bits per heavy atom. The molecule has 0 spiro atoms. The van der Waals surface area contributed by atoms with E-state index in [1.165, 1.54) is 12.1 Å². The molecule has 2 rings (SSSR count). The number of hydrogen-bond acceptors (Lipinski definition) is 2. The summed E-state index contributed by atoms with van der Waals surface area (Å²) in [6, 6.07) is 6.57. The normalized spacial score (nSPS) is 10.4. The first-order chi connectivity index (χ1) is 7.75. The lowest BCUT2D eigenvalue weighted by Gasteiger charge is -2.05. The zero-order valence-corrected chi connectivity index (χ0v) is 9.15. The smallest absolute Gasteiger partial charge is 0.202 e.